The number of benzene rings is 3. The van der Waals surface area contributed by atoms with Crippen LogP contribution in [0.2, 0.25) is 0 Å². The van der Waals surface area contributed by atoms with Crippen LogP contribution in [0.25, 0.3) is 5.57 Å². The summed E-state index contributed by atoms with van der Waals surface area (Å²) in [7, 11) is 1.72. The number of likely N-dealkylation sites (N-methyl/N-ethyl adjacent to an activating group) is 1. The minimum atomic E-state index is -1.14. The summed E-state index contributed by atoms with van der Waals surface area (Å²) in [6.45, 7) is 2.74. The van der Waals surface area contributed by atoms with E-state index in [0.717, 1.165) is 22.6 Å². The Morgan fingerprint density at radius 3 is 2.21 bits per heavy atom. The van der Waals surface area contributed by atoms with E-state index in [4.69, 9.17) is 4.74 Å². The molecule has 168 valence electrons. The molecule has 3 aromatic rings. The summed E-state index contributed by atoms with van der Waals surface area (Å²) in [6, 6.07) is 19.3. The fraction of sp³-hybridized carbons (Fsp3) is 0.154. The Morgan fingerprint density at radius 2 is 1.58 bits per heavy atom. The van der Waals surface area contributed by atoms with Crippen molar-refractivity contribution in [3.8, 4) is 5.75 Å². The van der Waals surface area contributed by atoms with E-state index in [1.807, 2.05) is 37.3 Å². The highest BCUT2D eigenvalue weighted by Crippen LogP contribution is 2.35. The molecule has 0 bridgehead atoms. The molecule has 1 heterocycles. The molecule has 0 unspecified atom stereocenters. The normalized spacial score (nSPS) is 13.6. The molecule has 0 saturated carbocycles. The summed E-state index contributed by atoms with van der Waals surface area (Å²) in [4.78, 5) is 29.5. The Hall–Kier alpha value is -4.00. The number of hydrogen-bond donors (Lipinski definition) is 0. The first-order valence-corrected chi connectivity index (χ1v) is 10.5. The van der Waals surface area contributed by atoms with Gasteiger partial charge in [0, 0.05) is 19.7 Å². The van der Waals surface area contributed by atoms with Gasteiger partial charge in [-0.1, -0.05) is 42.5 Å². The summed E-state index contributed by atoms with van der Waals surface area (Å²) < 4.78 is 32.9. The van der Waals surface area contributed by atoms with Gasteiger partial charge < -0.3 is 9.64 Å². The van der Waals surface area contributed by atoms with E-state index in [2.05, 4.69) is 0 Å². The Kier molecular flexibility index (Phi) is 6.22. The standard InChI is InChI=1S/C26H22F2N2O3/c1-3-33-20-12-9-18(10-13-20)23-24(29(2)16-17-7-5-4-6-8-17)26(32)30(25(23)31)19-11-14-21(27)22(28)15-19/h4-15H,3,16H2,1-2H3. The molecule has 1 aliphatic rings. The number of imide groups is 1. The third-order valence-corrected chi connectivity index (χ3v) is 5.32. The van der Waals surface area contributed by atoms with Gasteiger partial charge in [0.15, 0.2) is 11.6 Å². The van der Waals surface area contributed by atoms with Crippen LogP contribution >= 0.6 is 0 Å². The first kappa shape index (κ1) is 22.2. The predicted octanol–water partition coefficient (Wildman–Crippen LogP) is 4.78. The van der Waals surface area contributed by atoms with Crippen molar-refractivity contribution in [3.63, 3.8) is 0 Å². The van der Waals surface area contributed by atoms with Crippen LogP contribution in [0.4, 0.5) is 14.5 Å². The lowest BCUT2D eigenvalue weighted by Gasteiger charge is -2.21. The molecule has 0 spiro atoms. The average Bonchev–Trinajstić information content (AvgIpc) is 3.07. The first-order chi connectivity index (χ1) is 15.9. The number of amides is 2. The summed E-state index contributed by atoms with van der Waals surface area (Å²) >= 11 is 0. The number of carbonyl (C=O) groups is 2. The molecular formula is C26H22F2N2O3. The zero-order valence-electron chi connectivity index (χ0n) is 18.2. The topological polar surface area (TPSA) is 49.9 Å². The van der Waals surface area contributed by atoms with Crippen molar-refractivity contribution in [1.29, 1.82) is 0 Å². The third-order valence-electron chi connectivity index (χ3n) is 5.32. The van der Waals surface area contributed by atoms with E-state index < -0.39 is 23.4 Å². The summed E-state index contributed by atoms with van der Waals surface area (Å²) in [5.74, 6) is -2.77. The Morgan fingerprint density at radius 1 is 0.879 bits per heavy atom. The van der Waals surface area contributed by atoms with Crippen LogP contribution in [0.15, 0.2) is 78.5 Å². The van der Waals surface area contributed by atoms with Crippen molar-refractivity contribution in [1.82, 2.24) is 4.90 Å². The number of ether oxygens (including phenoxy) is 1. The second kappa shape index (κ2) is 9.24. The van der Waals surface area contributed by atoms with Gasteiger partial charge in [-0.2, -0.15) is 0 Å². The van der Waals surface area contributed by atoms with Crippen molar-refractivity contribution >= 4 is 23.1 Å². The number of anilines is 1. The highest BCUT2D eigenvalue weighted by Gasteiger charge is 2.42. The molecule has 0 atom stereocenters. The van der Waals surface area contributed by atoms with Gasteiger partial charge in [-0.3, -0.25) is 9.59 Å². The van der Waals surface area contributed by atoms with Crippen LogP contribution < -0.4 is 9.64 Å². The second-order valence-electron chi connectivity index (χ2n) is 7.57. The van der Waals surface area contributed by atoms with Crippen LogP contribution in [-0.4, -0.2) is 30.4 Å². The maximum Gasteiger partial charge on any atom is 0.282 e. The molecule has 0 saturated heterocycles. The van der Waals surface area contributed by atoms with E-state index in [-0.39, 0.29) is 17.0 Å². The maximum atomic E-state index is 13.9. The Bertz CT molecular complexity index is 1220. The van der Waals surface area contributed by atoms with Crippen molar-refractivity contribution in [3.05, 3.63) is 101 Å². The summed E-state index contributed by atoms with van der Waals surface area (Å²) in [6.07, 6.45) is 0. The van der Waals surface area contributed by atoms with Gasteiger partial charge >= 0.3 is 0 Å². The van der Waals surface area contributed by atoms with Crippen LogP contribution in [-0.2, 0) is 16.1 Å². The number of rotatable bonds is 7. The largest absolute Gasteiger partial charge is 0.494 e. The van der Waals surface area contributed by atoms with Crippen LogP contribution in [0.5, 0.6) is 5.75 Å². The fourth-order valence-corrected chi connectivity index (χ4v) is 3.81. The molecule has 0 aromatic heterocycles. The van der Waals surface area contributed by atoms with Gasteiger partial charge in [0.1, 0.15) is 11.4 Å². The van der Waals surface area contributed by atoms with E-state index in [0.29, 0.717) is 24.5 Å². The minimum absolute atomic E-state index is 0.0320. The molecule has 3 aromatic carbocycles. The van der Waals surface area contributed by atoms with Gasteiger partial charge in [-0.15, -0.1) is 0 Å². The zero-order valence-corrected chi connectivity index (χ0v) is 18.2. The van der Waals surface area contributed by atoms with E-state index in [1.165, 1.54) is 6.07 Å². The molecule has 7 heteroatoms. The van der Waals surface area contributed by atoms with Gasteiger partial charge in [0.05, 0.1) is 17.9 Å². The number of carbonyl (C=O) groups excluding carboxylic acids is 2. The summed E-state index contributed by atoms with van der Waals surface area (Å²) in [5.41, 5.74) is 1.81. The molecular weight excluding hydrogens is 426 g/mol. The second-order valence-corrected chi connectivity index (χ2v) is 7.57. The van der Waals surface area contributed by atoms with Gasteiger partial charge in [-0.25, -0.2) is 13.7 Å². The number of hydrogen-bond acceptors (Lipinski definition) is 4. The summed E-state index contributed by atoms with van der Waals surface area (Å²) in [5, 5.41) is 0. The van der Waals surface area contributed by atoms with Crippen molar-refractivity contribution in [2.45, 2.75) is 13.5 Å². The zero-order chi connectivity index (χ0) is 23.5. The highest BCUT2D eigenvalue weighted by molar-refractivity contribution is 6.45. The molecule has 33 heavy (non-hydrogen) atoms. The quantitative estimate of drug-likeness (QED) is 0.488. The lowest BCUT2D eigenvalue weighted by Crippen LogP contribution is -2.34. The Labute approximate surface area is 190 Å². The van der Waals surface area contributed by atoms with Crippen LogP contribution in [0, 0.1) is 11.6 Å². The Balaban J connectivity index is 1.78. The average molecular weight is 448 g/mol. The predicted molar refractivity (Wildman–Crippen MR) is 121 cm³/mol. The molecule has 0 N–H and O–H groups in total. The van der Waals surface area contributed by atoms with Gasteiger partial charge in [0.25, 0.3) is 11.8 Å². The van der Waals surface area contributed by atoms with Crippen LogP contribution in [0.1, 0.15) is 18.1 Å². The highest BCUT2D eigenvalue weighted by atomic mass is 19.2. The molecule has 4 rings (SSSR count). The lowest BCUT2D eigenvalue weighted by atomic mass is 10.0. The molecule has 5 nitrogen and oxygen atoms in total. The molecule has 0 fully saturated rings. The molecule has 2 amide bonds. The van der Waals surface area contributed by atoms with Crippen molar-refractivity contribution in [2.75, 3.05) is 18.6 Å². The van der Waals surface area contributed by atoms with E-state index >= 15 is 0 Å². The lowest BCUT2D eigenvalue weighted by molar-refractivity contribution is -0.120. The SMILES string of the molecule is CCOc1ccc(C2=C(N(C)Cc3ccccc3)C(=O)N(c3ccc(F)c(F)c3)C2=O)cc1. The maximum absolute atomic E-state index is 13.9. The van der Waals surface area contributed by atoms with Crippen LogP contribution in [0.3, 0.4) is 0 Å². The molecule has 1 aliphatic heterocycles. The number of nitrogens with zero attached hydrogens (tertiary/aromatic N) is 2. The molecule has 0 aliphatic carbocycles. The van der Waals surface area contributed by atoms with E-state index in [1.54, 1.807) is 36.2 Å². The molecule has 0 radical (unpaired) electrons. The van der Waals surface area contributed by atoms with Gasteiger partial charge in [-0.05, 0) is 42.3 Å². The first-order valence-electron chi connectivity index (χ1n) is 10.5. The van der Waals surface area contributed by atoms with E-state index in [9.17, 15) is 18.4 Å². The number of halogens is 2. The van der Waals surface area contributed by atoms with Crippen molar-refractivity contribution in [2.24, 2.45) is 0 Å². The minimum Gasteiger partial charge on any atom is -0.494 e. The van der Waals surface area contributed by atoms with Crippen molar-refractivity contribution < 1.29 is 23.1 Å². The third kappa shape index (κ3) is 4.35. The fourth-order valence-electron chi connectivity index (χ4n) is 3.81. The van der Waals surface area contributed by atoms with Gasteiger partial charge in [0.2, 0.25) is 0 Å². The smallest absolute Gasteiger partial charge is 0.282 e. The monoisotopic (exact) mass is 448 g/mol.